The maximum Gasteiger partial charge on any atom is 0.128 e. The van der Waals surface area contributed by atoms with Crippen LogP contribution in [0.15, 0.2) is 24.4 Å². The molecule has 96 valence electrons. The van der Waals surface area contributed by atoms with Gasteiger partial charge in [-0.25, -0.2) is 4.39 Å². The summed E-state index contributed by atoms with van der Waals surface area (Å²) in [6.07, 6.45) is 2.59. The van der Waals surface area contributed by atoms with Crippen LogP contribution in [0, 0.1) is 5.82 Å². The van der Waals surface area contributed by atoms with Crippen LogP contribution in [0.4, 0.5) is 4.39 Å². The highest BCUT2D eigenvalue weighted by Crippen LogP contribution is 2.31. The molecule has 0 radical (unpaired) electrons. The van der Waals surface area contributed by atoms with E-state index in [1.165, 1.54) is 12.1 Å². The molecule has 0 aliphatic carbocycles. The molecule has 0 unspecified atom stereocenters. The fraction of sp³-hybridized carbons (Fsp3) is 0.308. The smallest absolute Gasteiger partial charge is 0.128 e. The zero-order chi connectivity index (χ0) is 13.1. The lowest BCUT2D eigenvalue weighted by Crippen LogP contribution is -2.03. The zero-order valence-corrected chi connectivity index (χ0v) is 10.5. The average Bonchev–Trinajstić information content (AvgIpc) is 2.71. The van der Waals surface area contributed by atoms with Crippen molar-refractivity contribution in [3.63, 3.8) is 0 Å². The third-order valence-electron chi connectivity index (χ3n) is 2.73. The monoisotopic (exact) mass is 249 g/mol. The second-order valence-corrected chi connectivity index (χ2v) is 4.06. The molecule has 2 aromatic rings. The van der Waals surface area contributed by atoms with E-state index in [1.54, 1.807) is 17.9 Å². The minimum atomic E-state index is -0.310. The zero-order valence-electron chi connectivity index (χ0n) is 10.5. The second kappa shape index (κ2) is 5.18. The van der Waals surface area contributed by atoms with Crippen LogP contribution >= 0.6 is 0 Å². The predicted octanol–water partition coefficient (Wildman–Crippen LogP) is 1.74. The number of ether oxygens (including phenoxy) is 1. The van der Waals surface area contributed by atoms with Crippen molar-refractivity contribution in [3.05, 3.63) is 35.8 Å². The largest absolute Gasteiger partial charge is 0.496 e. The highest BCUT2D eigenvalue weighted by Gasteiger charge is 2.14. The summed E-state index contributed by atoms with van der Waals surface area (Å²) in [5, 5.41) is 4.36. The van der Waals surface area contributed by atoms with Gasteiger partial charge in [-0.15, -0.1) is 0 Å². The summed E-state index contributed by atoms with van der Waals surface area (Å²) < 4.78 is 20.3. The third kappa shape index (κ3) is 2.36. The second-order valence-electron chi connectivity index (χ2n) is 4.06. The van der Waals surface area contributed by atoms with E-state index in [4.69, 9.17) is 10.5 Å². The highest BCUT2D eigenvalue weighted by atomic mass is 19.1. The van der Waals surface area contributed by atoms with Gasteiger partial charge < -0.3 is 10.5 Å². The summed E-state index contributed by atoms with van der Waals surface area (Å²) in [6, 6.07) is 4.40. The van der Waals surface area contributed by atoms with Gasteiger partial charge in [-0.1, -0.05) is 0 Å². The molecule has 1 aromatic carbocycles. The van der Waals surface area contributed by atoms with Crippen LogP contribution < -0.4 is 10.5 Å². The van der Waals surface area contributed by atoms with Gasteiger partial charge in [0.1, 0.15) is 11.6 Å². The predicted molar refractivity (Wildman–Crippen MR) is 67.9 cm³/mol. The number of rotatable bonds is 4. The van der Waals surface area contributed by atoms with Gasteiger partial charge >= 0.3 is 0 Å². The lowest BCUT2D eigenvalue weighted by molar-refractivity contribution is 0.415. The molecule has 1 aromatic heterocycles. The molecule has 2 N–H and O–H groups in total. The molecular formula is C13H16FN3O. The lowest BCUT2D eigenvalue weighted by Gasteiger charge is -2.08. The summed E-state index contributed by atoms with van der Waals surface area (Å²) in [6.45, 7) is 0.524. The first-order valence-corrected chi connectivity index (χ1v) is 5.72. The molecule has 0 saturated heterocycles. The molecule has 0 aliphatic heterocycles. The van der Waals surface area contributed by atoms with Crippen LogP contribution in [0.25, 0.3) is 11.3 Å². The first kappa shape index (κ1) is 12.6. The summed E-state index contributed by atoms with van der Waals surface area (Å²) in [7, 11) is 3.39. The first-order chi connectivity index (χ1) is 8.65. The fourth-order valence-corrected chi connectivity index (χ4v) is 1.97. The summed E-state index contributed by atoms with van der Waals surface area (Å²) >= 11 is 0. The van der Waals surface area contributed by atoms with Gasteiger partial charge in [0.25, 0.3) is 0 Å². The average molecular weight is 249 g/mol. The van der Waals surface area contributed by atoms with Crippen molar-refractivity contribution in [2.75, 3.05) is 13.7 Å². The Balaban J connectivity index is 2.56. The molecule has 1 heterocycles. The highest BCUT2D eigenvalue weighted by molar-refractivity contribution is 5.70. The molecule has 0 saturated carbocycles. The molecule has 0 amide bonds. The number of aryl methyl sites for hydroxylation is 1. The molecule has 0 fully saturated rings. The summed E-state index contributed by atoms with van der Waals surface area (Å²) in [5.41, 5.74) is 7.94. The summed E-state index contributed by atoms with van der Waals surface area (Å²) in [5.74, 6) is 0.295. The Bertz CT molecular complexity index is 551. The number of methoxy groups -OCH3 is 1. The topological polar surface area (TPSA) is 53.1 Å². The van der Waals surface area contributed by atoms with E-state index in [2.05, 4.69) is 5.10 Å². The quantitative estimate of drug-likeness (QED) is 0.898. The van der Waals surface area contributed by atoms with Gasteiger partial charge in [0.15, 0.2) is 0 Å². The molecule has 18 heavy (non-hydrogen) atoms. The van der Waals surface area contributed by atoms with Crippen molar-refractivity contribution in [1.82, 2.24) is 9.78 Å². The number of benzene rings is 1. The van der Waals surface area contributed by atoms with Gasteiger partial charge in [0.2, 0.25) is 0 Å². The van der Waals surface area contributed by atoms with Crippen molar-refractivity contribution in [3.8, 4) is 17.0 Å². The van der Waals surface area contributed by atoms with E-state index in [1.807, 2.05) is 13.2 Å². The molecule has 0 bridgehead atoms. The van der Waals surface area contributed by atoms with E-state index in [0.29, 0.717) is 24.3 Å². The van der Waals surface area contributed by atoms with Crippen molar-refractivity contribution >= 4 is 0 Å². The molecular weight excluding hydrogens is 233 g/mol. The van der Waals surface area contributed by atoms with Gasteiger partial charge in [0.05, 0.1) is 12.8 Å². The van der Waals surface area contributed by atoms with E-state index >= 15 is 0 Å². The van der Waals surface area contributed by atoms with Gasteiger partial charge in [-0.05, 0) is 36.7 Å². The maximum absolute atomic E-state index is 13.4. The Morgan fingerprint density at radius 2 is 2.22 bits per heavy atom. The normalized spacial score (nSPS) is 10.7. The number of halogens is 1. The van der Waals surface area contributed by atoms with E-state index in [0.717, 1.165) is 11.3 Å². The Labute approximate surface area is 105 Å². The SMILES string of the molecule is COc1ccc(F)cc1-c1nn(C)cc1CCN. The van der Waals surface area contributed by atoms with Crippen molar-refractivity contribution in [2.45, 2.75) is 6.42 Å². The molecule has 5 heteroatoms. The van der Waals surface area contributed by atoms with Gasteiger partial charge in [0, 0.05) is 18.8 Å². The Kier molecular flexibility index (Phi) is 3.62. The third-order valence-corrected chi connectivity index (χ3v) is 2.73. The molecule has 2 rings (SSSR count). The minimum absolute atomic E-state index is 0.310. The van der Waals surface area contributed by atoms with Crippen molar-refractivity contribution in [1.29, 1.82) is 0 Å². The van der Waals surface area contributed by atoms with Crippen molar-refractivity contribution < 1.29 is 9.13 Å². The number of nitrogens with zero attached hydrogens (tertiary/aromatic N) is 2. The molecule has 0 aliphatic rings. The van der Waals surface area contributed by atoms with Crippen LogP contribution in [0.5, 0.6) is 5.75 Å². The fourth-order valence-electron chi connectivity index (χ4n) is 1.97. The lowest BCUT2D eigenvalue weighted by atomic mass is 10.0. The summed E-state index contributed by atoms with van der Waals surface area (Å²) in [4.78, 5) is 0. The molecule has 0 atom stereocenters. The van der Waals surface area contributed by atoms with E-state index < -0.39 is 0 Å². The minimum Gasteiger partial charge on any atom is -0.496 e. The first-order valence-electron chi connectivity index (χ1n) is 5.72. The van der Waals surface area contributed by atoms with Crippen LogP contribution in [0.3, 0.4) is 0 Å². The van der Waals surface area contributed by atoms with Crippen LogP contribution in [-0.2, 0) is 13.5 Å². The Morgan fingerprint density at radius 1 is 1.44 bits per heavy atom. The molecule has 0 spiro atoms. The number of nitrogens with two attached hydrogens (primary N) is 1. The molecule has 4 nitrogen and oxygen atoms in total. The van der Waals surface area contributed by atoms with E-state index in [9.17, 15) is 4.39 Å². The van der Waals surface area contributed by atoms with Crippen LogP contribution in [0.2, 0.25) is 0 Å². The van der Waals surface area contributed by atoms with Crippen LogP contribution in [-0.4, -0.2) is 23.4 Å². The van der Waals surface area contributed by atoms with E-state index in [-0.39, 0.29) is 5.82 Å². The number of hydrogen-bond donors (Lipinski definition) is 1. The van der Waals surface area contributed by atoms with Crippen molar-refractivity contribution in [2.24, 2.45) is 12.8 Å². The van der Waals surface area contributed by atoms with Gasteiger partial charge in [-0.2, -0.15) is 5.10 Å². The van der Waals surface area contributed by atoms with Gasteiger partial charge in [-0.3, -0.25) is 4.68 Å². The number of aromatic nitrogens is 2. The van der Waals surface area contributed by atoms with Crippen LogP contribution in [0.1, 0.15) is 5.56 Å². The Hall–Kier alpha value is -1.88. The Morgan fingerprint density at radius 3 is 2.89 bits per heavy atom. The number of hydrogen-bond acceptors (Lipinski definition) is 3. The standard InChI is InChI=1S/C13H16FN3O/c1-17-8-9(5-6-15)13(16-17)11-7-10(14)3-4-12(11)18-2/h3-4,7-8H,5-6,15H2,1-2H3. The maximum atomic E-state index is 13.4.